The Labute approximate surface area is 89.4 Å². The van der Waals surface area contributed by atoms with Gasteiger partial charge in [-0.25, -0.2) is 0 Å². The minimum absolute atomic E-state index is 0.319. The zero-order chi connectivity index (χ0) is 11.0. The summed E-state index contributed by atoms with van der Waals surface area (Å²) in [5.74, 6) is 0.668. The van der Waals surface area contributed by atoms with Gasteiger partial charge in [0.1, 0.15) is 0 Å². The third-order valence-corrected chi connectivity index (χ3v) is 3.13. The van der Waals surface area contributed by atoms with E-state index in [1.54, 1.807) is 7.11 Å². The van der Waals surface area contributed by atoms with Crippen LogP contribution in [0.3, 0.4) is 0 Å². The van der Waals surface area contributed by atoms with Gasteiger partial charge in [-0.05, 0) is 18.9 Å². The van der Waals surface area contributed by atoms with Gasteiger partial charge < -0.3 is 10.1 Å². The van der Waals surface area contributed by atoms with E-state index in [9.17, 15) is 0 Å². The molecule has 0 saturated carbocycles. The van der Waals surface area contributed by atoms with Crippen LogP contribution in [0.5, 0.6) is 0 Å². The van der Waals surface area contributed by atoms with Gasteiger partial charge in [0.2, 0.25) is 0 Å². The molecule has 1 atom stereocenters. The minimum atomic E-state index is 0.319. The van der Waals surface area contributed by atoms with E-state index in [2.05, 4.69) is 33.0 Å². The van der Waals surface area contributed by atoms with Crippen LogP contribution in [-0.2, 0) is 4.74 Å². The molecule has 2 heteroatoms. The first-order chi connectivity index (χ1) is 6.63. The summed E-state index contributed by atoms with van der Waals surface area (Å²) in [5.41, 5.74) is 0.319. The average Bonchev–Trinajstić information content (AvgIpc) is 2.14. The molecule has 0 aromatic heterocycles. The van der Waals surface area contributed by atoms with Crippen LogP contribution < -0.4 is 5.32 Å². The van der Waals surface area contributed by atoms with E-state index in [1.807, 2.05) is 0 Å². The molecule has 1 unspecified atom stereocenters. The second kappa shape index (κ2) is 7.24. The van der Waals surface area contributed by atoms with Crippen LogP contribution in [0.15, 0.2) is 0 Å². The first-order valence-corrected chi connectivity index (χ1v) is 5.82. The molecule has 14 heavy (non-hydrogen) atoms. The van der Waals surface area contributed by atoms with E-state index in [1.165, 1.54) is 12.8 Å². The molecule has 86 valence electrons. The number of hydrogen-bond acceptors (Lipinski definition) is 2. The van der Waals surface area contributed by atoms with Crippen LogP contribution in [0, 0.1) is 11.3 Å². The summed E-state index contributed by atoms with van der Waals surface area (Å²) in [5, 5.41) is 3.46. The van der Waals surface area contributed by atoms with Gasteiger partial charge in [0.25, 0.3) is 0 Å². The molecule has 0 aliphatic heterocycles. The standard InChI is InChI=1S/C12H27NO/c1-6-8-12(10-14-5,11(3)4)9-13-7-2/h11,13H,6-10H2,1-5H3. The van der Waals surface area contributed by atoms with Gasteiger partial charge >= 0.3 is 0 Å². The number of rotatable bonds is 8. The highest BCUT2D eigenvalue weighted by atomic mass is 16.5. The van der Waals surface area contributed by atoms with Gasteiger partial charge in [-0.2, -0.15) is 0 Å². The maximum atomic E-state index is 5.38. The average molecular weight is 201 g/mol. The fourth-order valence-corrected chi connectivity index (χ4v) is 2.03. The van der Waals surface area contributed by atoms with E-state index in [-0.39, 0.29) is 0 Å². The van der Waals surface area contributed by atoms with Crippen LogP contribution in [0.2, 0.25) is 0 Å². The lowest BCUT2D eigenvalue weighted by atomic mass is 9.74. The van der Waals surface area contributed by atoms with Gasteiger partial charge in [-0.15, -0.1) is 0 Å². The number of nitrogens with one attached hydrogen (secondary N) is 1. The second-order valence-corrected chi connectivity index (χ2v) is 4.48. The summed E-state index contributed by atoms with van der Waals surface area (Å²) < 4.78 is 5.38. The lowest BCUT2D eigenvalue weighted by Gasteiger charge is -2.37. The van der Waals surface area contributed by atoms with E-state index in [0.29, 0.717) is 11.3 Å². The van der Waals surface area contributed by atoms with E-state index in [0.717, 1.165) is 19.7 Å². The summed E-state index contributed by atoms with van der Waals surface area (Å²) in [7, 11) is 1.80. The fraction of sp³-hybridized carbons (Fsp3) is 1.00. The topological polar surface area (TPSA) is 21.3 Å². The maximum absolute atomic E-state index is 5.38. The third kappa shape index (κ3) is 3.97. The Morgan fingerprint density at radius 1 is 1.29 bits per heavy atom. The van der Waals surface area contributed by atoms with Crippen molar-refractivity contribution in [1.82, 2.24) is 5.32 Å². The molecule has 0 aliphatic carbocycles. The lowest BCUT2D eigenvalue weighted by molar-refractivity contribution is 0.0351. The molecule has 0 bridgehead atoms. The summed E-state index contributed by atoms with van der Waals surface area (Å²) in [6.07, 6.45) is 2.47. The van der Waals surface area contributed by atoms with Crippen molar-refractivity contribution in [1.29, 1.82) is 0 Å². The highest BCUT2D eigenvalue weighted by Crippen LogP contribution is 2.32. The van der Waals surface area contributed by atoms with Crippen molar-refractivity contribution in [2.75, 3.05) is 26.8 Å². The molecule has 0 rings (SSSR count). The van der Waals surface area contributed by atoms with Crippen LogP contribution in [-0.4, -0.2) is 26.8 Å². The van der Waals surface area contributed by atoms with Gasteiger partial charge in [-0.3, -0.25) is 0 Å². The molecule has 0 saturated heterocycles. The van der Waals surface area contributed by atoms with E-state index < -0.39 is 0 Å². The van der Waals surface area contributed by atoms with E-state index >= 15 is 0 Å². The van der Waals surface area contributed by atoms with Gasteiger partial charge in [0.15, 0.2) is 0 Å². The van der Waals surface area contributed by atoms with Crippen LogP contribution in [0.25, 0.3) is 0 Å². The summed E-state index contributed by atoms with van der Waals surface area (Å²) >= 11 is 0. The predicted octanol–water partition coefficient (Wildman–Crippen LogP) is 2.68. The summed E-state index contributed by atoms with van der Waals surface area (Å²) in [4.78, 5) is 0. The van der Waals surface area contributed by atoms with Crippen molar-refractivity contribution in [2.45, 2.75) is 40.5 Å². The molecule has 0 aromatic rings. The Balaban J connectivity index is 4.38. The second-order valence-electron chi connectivity index (χ2n) is 4.48. The Hall–Kier alpha value is -0.0800. The van der Waals surface area contributed by atoms with Crippen LogP contribution in [0.4, 0.5) is 0 Å². The molecule has 0 spiro atoms. The zero-order valence-electron chi connectivity index (χ0n) is 10.5. The minimum Gasteiger partial charge on any atom is -0.384 e. The van der Waals surface area contributed by atoms with Gasteiger partial charge in [0.05, 0.1) is 6.61 Å². The normalized spacial score (nSPS) is 15.9. The number of hydrogen-bond donors (Lipinski definition) is 1. The molecular formula is C12H27NO. The molecule has 0 radical (unpaired) electrons. The summed E-state index contributed by atoms with van der Waals surface area (Å²) in [6, 6.07) is 0. The third-order valence-electron chi connectivity index (χ3n) is 3.13. The lowest BCUT2D eigenvalue weighted by Crippen LogP contribution is -2.42. The SMILES string of the molecule is CCCC(CNCC)(COC)C(C)C. The largest absolute Gasteiger partial charge is 0.384 e. The quantitative estimate of drug-likeness (QED) is 0.652. The van der Waals surface area contributed by atoms with Crippen molar-refractivity contribution in [3.8, 4) is 0 Å². The summed E-state index contributed by atoms with van der Waals surface area (Å²) in [6.45, 7) is 12.0. The highest BCUT2D eigenvalue weighted by Gasteiger charge is 2.32. The molecular weight excluding hydrogens is 174 g/mol. The van der Waals surface area contributed by atoms with Gasteiger partial charge in [0, 0.05) is 19.1 Å². The Kier molecular flexibility index (Phi) is 7.20. The maximum Gasteiger partial charge on any atom is 0.0533 e. The predicted molar refractivity (Wildman–Crippen MR) is 62.6 cm³/mol. The molecule has 1 N–H and O–H groups in total. The van der Waals surface area contributed by atoms with Gasteiger partial charge in [-0.1, -0.05) is 34.1 Å². The van der Waals surface area contributed by atoms with E-state index in [4.69, 9.17) is 4.74 Å². The first-order valence-electron chi connectivity index (χ1n) is 5.82. The number of methoxy groups -OCH3 is 1. The van der Waals surface area contributed by atoms with Crippen molar-refractivity contribution >= 4 is 0 Å². The zero-order valence-corrected chi connectivity index (χ0v) is 10.5. The smallest absolute Gasteiger partial charge is 0.0533 e. The molecule has 0 heterocycles. The van der Waals surface area contributed by atoms with Crippen molar-refractivity contribution in [3.05, 3.63) is 0 Å². The van der Waals surface area contributed by atoms with Crippen LogP contribution in [0.1, 0.15) is 40.5 Å². The Morgan fingerprint density at radius 2 is 1.93 bits per heavy atom. The molecule has 0 aliphatic rings. The molecule has 2 nitrogen and oxygen atoms in total. The Morgan fingerprint density at radius 3 is 2.29 bits per heavy atom. The fourth-order valence-electron chi connectivity index (χ4n) is 2.03. The monoisotopic (exact) mass is 201 g/mol. The van der Waals surface area contributed by atoms with Crippen molar-refractivity contribution in [2.24, 2.45) is 11.3 Å². The molecule has 0 aromatic carbocycles. The first kappa shape index (κ1) is 13.9. The number of ether oxygens (including phenoxy) is 1. The molecule has 0 amide bonds. The van der Waals surface area contributed by atoms with Crippen LogP contribution >= 0.6 is 0 Å². The van der Waals surface area contributed by atoms with Crippen molar-refractivity contribution in [3.63, 3.8) is 0 Å². The van der Waals surface area contributed by atoms with Crippen molar-refractivity contribution < 1.29 is 4.74 Å². The Bertz CT molecular complexity index is 128. The highest BCUT2D eigenvalue weighted by molar-refractivity contribution is 4.84. The molecule has 0 fully saturated rings.